The van der Waals surface area contributed by atoms with E-state index in [1.165, 1.54) is 24.7 Å². The summed E-state index contributed by atoms with van der Waals surface area (Å²) in [6, 6.07) is 3.91. The maximum absolute atomic E-state index is 13.4. The molecule has 2 heterocycles. The number of carbonyl (C=O) groups is 1. The Morgan fingerprint density at radius 2 is 2.33 bits per heavy atom. The van der Waals surface area contributed by atoms with E-state index < -0.39 is 5.91 Å². The van der Waals surface area contributed by atoms with Crippen LogP contribution >= 0.6 is 0 Å². The predicted octanol–water partition coefficient (Wildman–Crippen LogP) is 1.45. The van der Waals surface area contributed by atoms with Crippen molar-refractivity contribution >= 4 is 11.7 Å². The zero-order valence-electron chi connectivity index (χ0n) is 11.0. The van der Waals surface area contributed by atoms with Crippen LogP contribution in [0, 0.1) is 5.82 Å². The van der Waals surface area contributed by atoms with Crippen LogP contribution in [0.1, 0.15) is 28.4 Å². The van der Waals surface area contributed by atoms with Gasteiger partial charge in [-0.15, -0.1) is 0 Å². The first-order valence-electron chi connectivity index (χ1n) is 6.44. The number of anilines is 1. The number of benzene rings is 1. The Kier molecular flexibility index (Phi) is 3.39. The molecule has 0 bridgehead atoms. The normalized spacial score (nSPS) is 16.7. The summed E-state index contributed by atoms with van der Waals surface area (Å²) in [6.07, 6.45) is 3.17. The average molecular weight is 288 g/mol. The zero-order chi connectivity index (χ0) is 14.8. The van der Waals surface area contributed by atoms with Crippen LogP contribution in [0.25, 0.3) is 0 Å². The lowest BCUT2D eigenvalue weighted by molar-refractivity contribution is 0.0925. The third kappa shape index (κ3) is 2.62. The van der Waals surface area contributed by atoms with Gasteiger partial charge in [0.1, 0.15) is 23.7 Å². The number of nitrogen functional groups attached to an aromatic ring is 1. The highest BCUT2D eigenvalue weighted by Gasteiger charge is 2.24. The molecule has 6 nitrogen and oxygen atoms in total. The van der Waals surface area contributed by atoms with Crippen LogP contribution in [0.2, 0.25) is 0 Å². The molecule has 0 fully saturated rings. The number of rotatable bonds is 2. The lowest BCUT2D eigenvalue weighted by atomic mass is 10.00. The third-order valence-corrected chi connectivity index (χ3v) is 3.30. The highest BCUT2D eigenvalue weighted by Crippen LogP contribution is 2.32. The fourth-order valence-electron chi connectivity index (χ4n) is 2.27. The molecule has 1 aliphatic rings. The van der Waals surface area contributed by atoms with E-state index in [9.17, 15) is 9.18 Å². The minimum absolute atomic E-state index is 0.106. The summed E-state index contributed by atoms with van der Waals surface area (Å²) in [5, 5.41) is 2.81. The fourth-order valence-corrected chi connectivity index (χ4v) is 2.27. The molecular formula is C14H13FN4O2. The molecule has 1 aromatic heterocycles. The molecule has 7 heteroatoms. The van der Waals surface area contributed by atoms with Crippen molar-refractivity contribution < 1.29 is 13.9 Å². The summed E-state index contributed by atoms with van der Waals surface area (Å²) in [7, 11) is 0. The molecule has 0 saturated carbocycles. The predicted molar refractivity (Wildman–Crippen MR) is 73.2 cm³/mol. The van der Waals surface area contributed by atoms with Crippen molar-refractivity contribution in [2.75, 3.05) is 12.3 Å². The van der Waals surface area contributed by atoms with Crippen molar-refractivity contribution in [1.29, 1.82) is 0 Å². The molecule has 0 saturated heterocycles. The summed E-state index contributed by atoms with van der Waals surface area (Å²) in [5.41, 5.74) is 6.46. The van der Waals surface area contributed by atoms with Crippen LogP contribution in [-0.4, -0.2) is 22.5 Å². The molecule has 21 heavy (non-hydrogen) atoms. The summed E-state index contributed by atoms with van der Waals surface area (Å²) >= 11 is 0. The molecule has 1 aliphatic heterocycles. The van der Waals surface area contributed by atoms with Crippen LogP contribution in [-0.2, 0) is 0 Å². The van der Waals surface area contributed by atoms with Crippen LogP contribution in [0.15, 0.2) is 30.7 Å². The fraction of sp³-hybridized carbons (Fsp3) is 0.214. The second kappa shape index (κ2) is 5.35. The number of amides is 1. The van der Waals surface area contributed by atoms with Gasteiger partial charge in [-0.1, -0.05) is 0 Å². The van der Waals surface area contributed by atoms with Gasteiger partial charge in [-0.05, 0) is 18.2 Å². The Balaban J connectivity index is 1.85. The van der Waals surface area contributed by atoms with E-state index in [2.05, 4.69) is 15.3 Å². The highest BCUT2D eigenvalue weighted by molar-refractivity contribution is 5.98. The molecule has 108 valence electrons. The first-order chi connectivity index (χ1) is 10.1. The van der Waals surface area contributed by atoms with Gasteiger partial charge in [0.2, 0.25) is 0 Å². The lowest BCUT2D eigenvalue weighted by Gasteiger charge is -2.26. The van der Waals surface area contributed by atoms with Crippen LogP contribution in [0.4, 0.5) is 10.2 Å². The van der Waals surface area contributed by atoms with Gasteiger partial charge in [-0.2, -0.15) is 0 Å². The van der Waals surface area contributed by atoms with Gasteiger partial charge >= 0.3 is 0 Å². The van der Waals surface area contributed by atoms with Crippen molar-refractivity contribution in [3.05, 3.63) is 47.7 Å². The number of aromatic nitrogens is 2. The monoisotopic (exact) mass is 288 g/mol. The maximum Gasteiger partial charge on any atom is 0.257 e. The molecule has 1 amide bonds. The quantitative estimate of drug-likeness (QED) is 0.873. The summed E-state index contributed by atoms with van der Waals surface area (Å²) in [4.78, 5) is 19.8. The molecule has 3 rings (SSSR count). The van der Waals surface area contributed by atoms with Crippen LogP contribution < -0.4 is 15.8 Å². The first-order valence-corrected chi connectivity index (χ1v) is 6.44. The molecule has 1 unspecified atom stereocenters. The molecule has 0 aliphatic carbocycles. The van der Waals surface area contributed by atoms with E-state index in [-0.39, 0.29) is 23.2 Å². The molecule has 1 atom stereocenters. The Morgan fingerprint density at radius 1 is 1.48 bits per heavy atom. The number of nitrogens with one attached hydrogen (secondary N) is 1. The highest BCUT2D eigenvalue weighted by atomic mass is 19.1. The second-order valence-electron chi connectivity index (χ2n) is 4.67. The molecule has 2 aromatic rings. The number of hydrogen-bond acceptors (Lipinski definition) is 5. The lowest BCUT2D eigenvalue weighted by Crippen LogP contribution is -2.32. The number of nitrogens with zero attached hydrogens (tertiary/aromatic N) is 2. The zero-order valence-corrected chi connectivity index (χ0v) is 11.0. The third-order valence-electron chi connectivity index (χ3n) is 3.30. The number of nitrogens with two attached hydrogens (primary N) is 1. The number of ether oxygens (including phenoxy) is 1. The van der Waals surface area contributed by atoms with Crippen molar-refractivity contribution in [3.8, 4) is 5.75 Å². The summed E-state index contributed by atoms with van der Waals surface area (Å²) < 4.78 is 18.8. The number of fused-ring (bicyclic) bond motifs is 1. The van der Waals surface area contributed by atoms with E-state index >= 15 is 0 Å². The number of halogens is 1. The Hall–Kier alpha value is -2.70. The van der Waals surface area contributed by atoms with Gasteiger partial charge in [0, 0.05) is 18.2 Å². The molecule has 3 N–H and O–H groups in total. The Morgan fingerprint density at radius 3 is 3.14 bits per heavy atom. The smallest absolute Gasteiger partial charge is 0.257 e. The van der Waals surface area contributed by atoms with Gasteiger partial charge in [0.25, 0.3) is 5.91 Å². The van der Waals surface area contributed by atoms with Gasteiger partial charge in [-0.25, -0.2) is 14.4 Å². The van der Waals surface area contributed by atoms with E-state index in [1.54, 1.807) is 6.07 Å². The van der Waals surface area contributed by atoms with Crippen molar-refractivity contribution in [3.63, 3.8) is 0 Å². The Bertz CT molecular complexity index is 692. The van der Waals surface area contributed by atoms with E-state index in [1.807, 2.05) is 0 Å². The summed E-state index contributed by atoms with van der Waals surface area (Å²) in [6.45, 7) is 0.449. The summed E-state index contributed by atoms with van der Waals surface area (Å²) in [5.74, 6) is -0.0875. The molecule has 0 radical (unpaired) electrons. The minimum Gasteiger partial charge on any atom is -0.493 e. The second-order valence-corrected chi connectivity index (χ2v) is 4.67. The maximum atomic E-state index is 13.4. The van der Waals surface area contributed by atoms with Crippen LogP contribution in [0.5, 0.6) is 5.75 Å². The number of carbonyl (C=O) groups excluding carboxylic acids is 1. The van der Waals surface area contributed by atoms with Crippen molar-refractivity contribution in [2.24, 2.45) is 0 Å². The number of hydrogen-bond donors (Lipinski definition) is 2. The average Bonchev–Trinajstić information content (AvgIpc) is 2.48. The van der Waals surface area contributed by atoms with Gasteiger partial charge in [0.15, 0.2) is 0 Å². The minimum atomic E-state index is -0.393. The molecular weight excluding hydrogens is 275 g/mol. The Labute approximate surface area is 120 Å². The topological polar surface area (TPSA) is 90.1 Å². The van der Waals surface area contributed by atoms with Gasteiger partial charge in [0.05, 0.1) is 18.2 Å². The molecule has 1 aromatic carbocycles. The van der Waals surface area contributed by atoms with Crippen molar-refractivity contribution in [1.82, 2.24) is 15.3 Å². The van der Waals surface area contributed by atoms with Crippen molar-refractivity contribution in [2.45, 2.75) is 12.5 Å². The van der Waals surface area contributed by atoms with Gasteiger partial charge < -0.3 is 15.8 Å². The van der Waals surface area contributed by atoms with Crippen LogP contribution in [0.3, 0.4) is 0 Å². The molecule has 0 spiro atoms. The van der Waals surface area contributed by atoms with Gasteiger partial charge in [-0.3, -0.25) is 4.79 Å². The standard InChI is InChI=1S/C14H13FN4O2/c15-8-1-2-12-9(5-8)11(3-4-21-12)19-14(20)10-6-17-7-18-13(10)16/h1-2,5-7,11H,3-4H2,(H,19,20)(H2,16,17,18). The first kappa shape index (κ1) is 13.3. The van der Waals surface area contributed by atoms with E-state index in [4.69, 9.17) is 10.5 Å². The van der Waals surface area contributed by atoms with E-state index in [0.717, 1.165) is 0 Å². The van der Waals surface area contributed by atoms with E-state index in [0.29, 0.717) is 24.3 Å². The largest absolute Gasteiger partial charge is 0.493 e. The SMILES string of the molecule is Nc1ncncc1C(=O)NC1CCOc2ccc(F)cc21.